The molecule has 1 aromatic rings. The minimum absolute atomic E-state index is 0.0299. The number of aliphatic imine (C=N–C) groups is 1. The highest BCUT2D eigenvalue weighted by Gasteiger charge is 2.54. The van der Waals surface area contributed by atoms with Gasteiger partial charge in [-0.3, -0.25) is 9.79 Å². The molecule has 1 amide bonds. The predicted octanol–water partition coefficient (Wildman–Crippen LogP) is 3.41. The molecule has 2 N–H and O–H groups in total. The molecule has 4 aliphatic rings. The molecule has 2 aliphatic carbocycles. The number of hydrogen-bond donors (Lipinski definition) is 2. The molecule has 7 nitrogen and oxygen atoms in total. The van der Waals surface area contributed by atoms with Gasteiger partial charge in [-0.2, -0.15) is 0 Å². The molecule has 2 saturated carbocycles. The number of amidine groups is 1. The number of amides is 1. The van der Waals surface area contributed by atoms with Gasteiger partial charge in [-0.05, 0) is 68.2 Å². The van der Waals surface area contributed by atoms with E-state index < -0.39 is 15.6 Å². The van der Waals surface area contributed by atoms with Crippen molar-refractivity contribution in [3.63, 3.8) is 0 Å². The fourth-order valence-corrected chi connectivity index (χ4v) is 8.07. The van der Waals surface area contributed by atoms with Crippen molar-refractivity contribution in [3.8, 4) is 0 Å². The van der Waals surface area contributed by atoms with Gasteiger partial charge in [-0.1, -0.05) is 25.8 Å². The van der Waals surface area contributed by atoms with Crippen LogP contribution in [-0.2, 0) is 14.8 Å². The maximum absolute atomic E-state index is 13.4. The van der Waals surface area contributed by atoms with Crippen LogP contribution in [-0.4, -0.2) is 55.4 Å². The van der Waals surface area contributed by atoms with Crippen molar-refractivity contribution in [2.24, 2.45) is 16.8 Å². The first-order valence-corrected chi connectivity index (χ1v) is 13.9. The number of carbonyl (C=O) groups excluding carboxylic acids is 1. The number of anilines is 1. The minimum atomic E-state index is -3.38. The zero-order chi connectivity index (χ0) is 23.4. The molecule has 8 heteroatoms. The van der Waals surface area contributed by atoms with Crippen LogP contribution in [0.25, 0.3) is 0 Å². The fraction of sp³-hybridized carbons (Fsp3) is 0.680. The van der Waals surface area contributed by atoms with E-state index in [1.54, 1.807) is 4.31 Å². The maximum atomic E-state index is 13.4. The van der Waals surface area contributed by atoms with E-state index in [4.69, 9.17) is 4.99 Å². The summed E-state index contributed by atoms with van der Waals surface area (Å²) >= 11 is 0. The first-order valence-electron chi connectivity index (χ1n) is 12.4. The molecule has 0 radical (unpaired) electrons. The topological polar surface area (TPSA) is 90.9 Å². The lowest BCUT2D eigenvalue weighted by Crippen LogP contribution is -2.51. The van der Waals surface area contributed by atoms with Crippen LogP contribution in [0.4, 0.5) is 5.69 Å². The molecule has 2 unspecified atom stereocenters. The quantitative estimate of drug-likeness (QED) is 0.687. The fourth-order valence-electron chi connectivity index (χ4n) is 5.99. The second-order valence-electron chi connectivity index (χ2n) is 10.6. The van der Waals surface area contributed by atoms with E-state index in [1.807, 2.05) is 20.0 Å². The maximum Gasteiger partial charge on any atom is 0.253 e. The lowest BCUT2D eigenvalue weighted by Gasteiger charge is -2.35. The first kappa shape index (κ1) is 22.8. The van der Waals surface area contributed by atoms with E-state index in [2.05, 4.69) is 29.7 Å². The van der Waals surface area contributed by atoms with Crippen molar-refractivity contribution in [1.29, 1.82) is 0 Å². The van der Waals surface area contributed by atoms with Crippen LogP contribution < -0.4 is 10.6 Å². The third-order valence-electron chi connectivity index (χ3n) is 8.38. The summed E-state index contributed by atoms with van der Waals surface area (Å²) in [5, 5.41) is 5.85. The summed E-state index contributed by atoms with van der Waals surface area (Å²) in [6.07, 6.45) is 6.13. The van der Waals surface area contributed by atoms with E-state index in [9.17, 15) is 13.2 Å². The van der Waals surface area contributed by atoms with Crippen LogP contribution in [0, 0.1) is 18.8 Å². The Bertz CT molecular complexity index is 1070. The van der Waals surface area contributed by atoms with Crippen LogP contribution in [0.5, 0.6) is 0 Å². The molecule has 5 rings (SSSR count). The van der Waals surface area contributed by atoms with Crippen LogP contribution in [0.2, 0.25) is 0 Å². The Labute approximate surface area is 197 Å². The summed E-state index contributed by atoms with van der Waals surface area (Å²) in [6, 6.07) is 6.14. The van der Waals surface area contributed by atoms with Crippen molar-refractivity contribution < 1.29 is 13.2 Å². The molecule has 0 bridgehead atoms. The molecule has 1 spiro atoms. The van der Waals surface area contributed by atoms with Gasteiger partial charge in [0.15, 0.2) is 0 Å². The van der Waals surface area contributed by atoms with E-state index >= 15 is 0 Å². The van der Waals surface area contributed by atoms with Gasteiger partial charge in [0.25, 0.3) is 5.91 Å². The van der Waals surface area contributed by atoms with Gasteiger partial charge in [0.05, 0.1) is 5.25 Å². The SMILES string of the molecule is CNc1ccc(C2CC2S(=O)(=O)N2CCC3(CC2)N=C(C2CCC(C)CC2)NC3=O)c(C)c1. The van der Waals surface area contributed by atoms with Crippen molar-refractivity contribution >= 4 is 27.5 Å². The molecule has 3 fully saturated rings. The zero-order valence-electron chi connectivity index (χ0n) is 19.9. The van der Waals surface area contributed by atoms with Crippen LogP contribution in [0.3, 0.4) is 0 Å². The Morgan fingerprint density at radius 1 is 1.15 bits per heavy atom. The highest BCUT2D eigenvalue weighted by atomic mass is 32.2. The number of aryl methyl sites for hydroxylation is 1. The van der Waals surface area contributed by atoms with E-state index in [1.165, 1.54) is 12.8 Å². The standard InChI is InChI=1S/C25H36N4O3S/c1-16-4-6-18(7-5-16)23-27-24(30)25(28-23)10-12-29(13-11-25)33(31,32)22-15-21(22)20-9-8-19(26-3)14-17(20)2/h8-9,14,16,18,21-22,26H,4-7,10-13,15H2,1-3H3,(H,27,28,30). The lowest BCUT2D eigenvalue weighted by atomic mass is 9.82. The molecule has 1 aromatic carbocycles. The smallest absolute Gasteiger partial charge is 0.253 e. The Kier molecular flexibility index (Phi) is 5.80. The van der Waals surface area contributed by atoms with E-state index in [-0.39, 0.29) is 17.1 Å². The second kappa shape index (κ2) is 8.38. The first-order chi connectivity index (χ1) is 15.7. The van der Waals surface area contributed by atoms with Crippen LogP contribution >= 0.6 is 0 Å². The molecule has 180 valence electrons. The van der Waals surface area contributed by atoms with Crippen molar-refractivity contribution in [2.45, 2.75) is 75.5 Å². The normalized spacial score (nSPS) is 31.8. The van der Waals surface area contributed by atoms with Gasteiger partial charge in [0.2, 0.25) is 10.0 Å². The number of nitrogens with one attached hydrogen (secondary N) is 2. The number of carbonyl (C=O) groups is 1. The average molecular weight is 473 g/mol. The largest absolute Gasteiger partial charge is 0.388 e. The molecule has 2 aliphatic heterocycles. The molecule has 0 aromatic heterocycles. The average Bonchev–Trinajstić information content (AvgIpc) is 3.55. The van der Waals surface area contributed by atoms with Gasteiger partial charge >= 0.3 is 0 Å². The number of piperidine rings is 1. The predicted molar refractivity (Wildman–Crippen MR) is 131 cm³/mol. The van der Waals surface area contributed by atoms with Crippen molar-refractivity contribution in [1.82, 2.24) is 9.62 Å². The van der Waals surface area contributed by atoms with Crippen LogP contribution in [0.1, 0.15) is 68.9 Å². The monoisotopic (exact) mass is 472 g/mol. The summed E-state index contributed by atoms with van der Waals surface area (Å²) in [7, 11) is -1.50. The third-order valence-corrected chi connectivity index (χ3v) is 10.8. The van der Waals surface area contributed by atoms with Gasteiger partial charge in [0.1, 0.15) is 11.4 Å². The molecular formula is C25H36N4O3S. The number of nitrogens with zero attached hydrogens (tertiary/aromatic N) is 2. The third kappa shape index (κ3) is 4.09. The Morgan fingerprint density at radius 2 is 1.85 bits per heavy atom. The Hall–Kier alpha value is -1.93. The van der Waals surface area contributed by atoms with Gasteiger partial charge in [-0.25, -0.2) is 12.7 Å². The Morgan fingerprint density at radius 3 is 2.48 bits per heavy atom. The van der Waals surface area contributed by atoms with Crippen molar-refractivity contribution in [3.05, 3.63) is 29.3 Å². The van der Waals surface area contributed by atoms with Gasteiger partial charge < -0.3 is 10.6 Å². The number of sulfonamides is 1. The van der Waals surface area contributed by atoms with Crippen molar-refractivity contribution in [2.75, 3.05) is 25.5 Å². The number of hydrogen-bond acceptors (Lipinski definition) is 5. The van der Waals surface area contributed by atoms with E-state index in [0.717, 1.165) is 41.4 Å². The molecular weight excluding hydrogens is 436 g/mol. The minimum Gasteiger partial charge on any atom is -0.388 e. The van der Waals surface area contributed by atoms with E-state index in [0.29, 0.717) is 38.3 Å². The number of rotatable bonds is 5. The molecule has 1 saturated heterocycles. The van der Waals surface area contributed by atoms with Gasteiger partial charge in [0, 0.05) is 37.7 Å². The lowest BCUT2D eigenvalue weighted by molar-refractivity contribution is -0.125. The molecule has 2 heterocycles. The van der Waals surface area contributed by atoms with Crippen LogP contribution in [0.15, 0.2) is 23.2 Å². The second-order valence-corrected chi connectivity index (χ2v) is 12.7. The molecule has 2 atom stereocenters. The Balaban J connectivity index is 1.24. The highest BCUT2D eigenvalue weighted by molar-refractivity contribution is 7.90. The molecule has 33 heavy (non-hydrogen) atoms. The number of benzene rings is 1. The summed E-state index contributed by atoms with van der Waals surface area (Å²) in [4.78, 5) is 17.8. The summed E-state index contributed by atoms with van der Waals surface area (Å²) in [5.74, 6) is 1.97. The van der Waals surface area contributed by atoms with Gasteiger partial charge in [-0.15, -0.1) is 0 Å². The summed E-state index contributed by atoms with van der Waals surface area (Å²) in [5.41, 5.74) is 2.52. The highest BCUT2D eigenvalue weighted by Crippen LogP contribution is 2.49. The zero-order valence-corrected chi connectivity index (χ0v) is 20.7. The summed E-state index contributed by atoms with van der Waals surface area (Å²) < 4.78 is 28.4. The summed E-state index contributed by atoms with van der Waals surface area (Å²) in [6.45, 7) is 5.07.